The fraction of sp³-hybridized carbons (Fsp3) is 0.375. The van der Waals surface area contributed by atoms with Crippen LogP contribution in [0.1, 0.15) is 25.3 Å². The number of nitrogens with one attached hydrogen (secondary N) is 2. The zero-order valence-corrected chi connectivity index (χ0v) is 12.2. The van der Waals surface area contributed by atoms with Gasteiger partial charge in [-0.05, 0) is 30.5 Å². The third-order valence-electron chi connectivity index (χ3n) is 2.92. The second kappa shape index (κ2) is 9.43. The topological polar surface area (TPSA) is 85.2 Å². The number of aromatic hydroxyl groups is 1. The molecule has 0 aliphatic carbocycles. The lowest BCUT2D eigenvalue weighted by atomic mass is 10.1. The Morgan fingerprint density at radius 3 is 2.67 bits per heavy atom. The molecule has 3 N–H and O–H groups in total. The maximum atomic E-state index is 11.8. The summed E-state index contributed by atoms with van der Waals surface area (Å²) in [5.74, 6) is -0.157. The third-order valence-corrected chi connectivity index (χ3v) is 2.92. The van der Waals surface area contributed by atoms with Gasteiger partial charge in [-0.15, -0.1) is 0 Å². The molecule has 0 fully saturated rings. The first-order valence-corrected chi connectivity index (χ1v) is 7.07. The van der Waals surface area contributed by atoms with Crippen molar-refractivity contribution in [2.75, 3.05) is 13.1 Å². The normalized spacial score (nSPS) is 10.8. The molecule has 0 radical (unpaired) electrons. The van der Waals surface area contributed by atoms with Gasteiger partial charge in [0.1, 0.15) is 17.4 Å². The summed E-state index contributed by atoms with van der Waals surface area (Å²) in [6.45, 7) is 3.27. The van der Waals surface area contributed by atoms with E-state index < -0.39 is 0 Å². The number of carbonyl (C=O) groups is 1. The summed E-state index contributed by atoms with van der Waals surface area (Å²) in [6.07, 6.45) is 4.17. The van der Waals surface area contributed by atoms with Crippen molar-refractivity contribution in [1.82, 2.24) is 10.6 Å². The lowest BCUT2D eigenvalue weighted by molar-refractivity contribution is -0.117. The minimum absolute atomic E-state index is 0.0804. The van der Waals surface area contributed by atoms with E-state index in [9.17, 15) is 9.90 Å². The zero-order chi connectivity index (χ0) is 15.5. The van der Waals surface area contributed by atoms with Crippen LogP contribution < -0.4 is 10.6 Å². The van der Waals surface area contributed by atoms with Gasteiger partial charge in [-0.1, -0.05) is 25.5 Å². The highest BCUT2D eigenvalue weighted by Gasteiger charge is 2.07. The van der Waals surface area contributed by atoms with Crippen molar-refractivity contribution in [3.63, 3.8) is 0 Å². The number of amides is 1. The first kappa shape index (κ1) is 16.6. The second-order valence-electron chi connectivity index (χ2n) is 4.65. The minimum atomic E-state index is -0.375. The number of hydrogen-bond donors (Lipinski definition) is 3. The van der Waals surface area contributed by atoms with Crippen LogP contribution in [0.5, 0.6) is 5.75 Å². The van der Waals surface area contributed by atoms with E-state index in [0.717, 1.165) is 24.9 Å². The van der Waals surface area contributed by atoms with Crippen LogP contribution in [-0.4, -0.2) is 24.1 Å². The number of nitrogens with zero attached hydrogens (tertiary/aromatic N) is 1. The average Bonchev–Trinajstić information content (AvgIpc) is 2.49. The van der Waals surface area contributed by atoms with Gasteiger partial charge in [-0.2, -0.15) is 5.26 Å². The Kier molecular flexibility index (Phi) is 7.44. The largest absolute Gasteiger partial charge is 0.508 e. The van der Waals surface area contributed by atoms with Gasteiger partial charge >= 0.3 is 0 Å². The Bertz CT molecular complexity index is 515. The summed E-state index contributed by atoms with van der Waals surface area (Å²) < 4.78 is 0. The third kappa shape index (κ3) is 6.48. The minimum Gasteiger partial charge on any atom is -0.508 e. The van der Waals surface area contributed by atoms with Crippen molar-refractivity contribution >= 4 is 5.91 Å². The predicted octanol–water partition coefficient (Wildman–Crippen LogP) is 1.85. The van der Waals surface area contributed by atoms with Crippen LogP contribution in [0.2, 0.25) is 0 Å². The summed E-state index contributed by atoms with van der Waals surface area (Å²) in [5, 5.41) is 23.8. The van der Waals surface area contributed by atoms with Crippen LogP contribution in [0.3, 0.4) is 0 Å². The first-order chi connectivity index (χ1) is 10.2. The first-order valence-electron chi connectivity index (χ1n) is 7.07. The molecule has 0 saturated carbocycles. The lowest BCUT2D eigenvalue weighted by Gasteiger charge is -2.05. The van der Waals surface area contributed by atoms with Gasteiger partial charge in [-0.3, -0.25) is 4.79 Å². The van der Waals surface area contributed by atoms with Gasteiger partial charge in [0.25, 0.3) is 5.91 Å². The van der Waals surface area contributed by atoms with Gasteiger partial charge in [-0.25, -0.2) is 0 Å². The van der Waals surface area contributed by atoms with Crippen LogP contribution >= 0.6 is 0 Å². The van der Waals surface area contributed by atoms with Gasteiger partial charge in [0.15, 0.2) is 0 Å². The maximum Gasteiger partial charge on any atom is 0.263 e. The van der Waals surface area contributed by atoms with Crippen molar-refractivity contribution in [1.29, 1.82) is 5.26 Å². The van der Waals surface area contributed by atoms with Crippen LogP contribution in [-0.2, 0) is 11.2 Å². The molecule has 1 amide bonds. The summed E-state index contributed by atoms with van der Waals surface area (Å²) in [4.78, 5) is 11.8. The summed E-state index contributed by atoms with van der Waals surface area (Å²) in [7, 11) is 0. The van der Waals surface area contributed by atoms with Crippen molar-refractivity contribution in [2.24, 2.45) is 0 Å². The van der Waals surface area contributed by atoms with Crippen LogP contribution in [0.25, 0.3) is 0 Å². The Morgan fingerprint density at radius 2 is 2.05 bits per heavy atom. The van der Waals surface area contributed by atoms with E-state index in [4.69, 9.17) is 5.26 Å². The number of phenols is 1. The smallest absolute Gasteiger partial charge is 0.263 e. The van der Waals surface area contributed by atoms with Gasteiger partial charge < -0.3 is 15.7 Å². The summed E-state index contributed by atoms with van der Waals surface area (Å²) in [5.41, 5.74) is 1.09. The number of carbonyl (C=O) groups excluding carboxylic acids is 1. The Balaban J connectivity index is 2.37. The van der Waals surface area contributed by atoms with Crippen molar-refractivity contribution in [3.05, 3.63) is 41.6 Å². The molecule has 0 aromatic heterocycles. The Hall–Kier alpha value is -2.48. The summed E-state index contributed by atoms with van der Waals surface area (Å²) in [6, 6.07) is 8.70. The molecule has 5 nitrogen and oxygen atoms in total. The molecular weight excluding hydrogens is 266 g/mol. The zero-order valence-electron chi connectivity index (χ0n) is 12.2. The van der Waals surface area contributed by atoms with E-state index in [2.05, 4.69) is 17.6 Å². The number of nitriles is 1. The number of unbranched alkanes of at least 4 members (excludes halogenated alkanes) is 1. The molecule has 112 valence electrons. The highest BCUT2D eigenvalue weighted by molar-refractivity contribution is 5.97. The average molecular weight is 287 g/mol. The predicted molar refractivity (Wildman–Crippen MR) is 81.4 cm³/mol. The lowest BCUT2D eigenvalue weighted by Crippen LogP contribution is -2.27. The van der Waals surface area contributed by atoms with Gasteiger partial charge in [0.2, 0.25) is 0 Å². The molecule has 1 rings (SSSR count). The molecule has 1 aromatic rings. The van der Waals surface area contributed by atoms with Gasteiger partial charge in [0.05, 0.1) is 0 Å². The monoisotopic (exact) mass is 287 g/mol. The summed E-state index contributed by atoms with van der Waals surface area (Å²) >= 11 is 0. The molecule has 0 aliphatic heterocycles. The van der Waals surface area contributed by atoms with Crippen LogP contribution in [0, 0.1) is 11.3 Å². The highest BCUT2D eigenvalue weighted by atomic mass is 16.3. The van der Waals surface area contributed by atoms with Crippen LogP contribution in [0.4, 0.5) is 0 Å². The molecule has 0 saturated heterocycles. The van der Waals surface area contributed by atoms with E-state index >= 15 is 0 Å². The fourth-order valence-electron chi connectivity index (χ4n) is 1.68. The van der Waals surface area contributed by atoms with Crippen molar-refractivity contribution < 1.29 is 9.90 Å². The molecule has 21 heavy (non-hydrogen) atoms. The van der Waals surface area contributed by atoms with Crippen LogP contribution in [0.15, 0.2) is 36.0 Å². The molecule has 0 spiro atoms. The second-order valence-corrected chi connectivity index (χ2v) is 4.65. The number of rotatable bonds is 8. The van der Waals surface area contributed by atoms with E-state index in [1.165, 1.54) is 6.20 Å². The molecule has 1 aromatic carbocycles. The fourth-order valence-corrected chi connectivity index (χ4v) is 1.68. The molecule has 0 unspecified atom stereocenters. The SMILES string of the molecule is CCCCN/C=C(/C#N)C(=O)NCCc1ccc(O)cc1. The Labute approximate surface area is 125 Å². The molecular formula is C16H21N3O2. The van der Waals surface area contributed by atoms with E-state index in [1.807, 2.05) is 6.07 Å². The van der Waals surface area contributed by atoms with Gasteiger partial charge in [0, 0.05) is 19.3 Å². The highest BCUT2D eigenvalue weighted by Crippen LogP contribution is 2.09. The molecule has 0 heterocycles. The van der Waals surface area contributed by atoms with E-state index in [1.54, 1.807) is 24.3 Å². The Morgan fingerprint density at radius 1 is 1.33 bits per heavy atom. The molecule has 0 bridgehead atoms. The number of hydrogen-bond acceptors (Lipinski definition) is 4. The molecule has 5 heteroatoms. The standard InChI is InChI=1S/C16H21N3O2/c1-2-3-9-18-12-14(11-17)16(21)19-10-8-13-4-6-15(20)7-5-13/h4-7,12,18,20H,2-3,8-10H2,1H3,(H,19,21)/b14-12-. The van der Waals surface area contributed by atoms with Crippen molar-refractivity contribution in [2.45, 2.75) is 26.2 Å². The molecule has 0 aliphatic rings. The van der Waals surface area contributed by atoms with E-state index in [-0.39, 0.29) is 17.2 Å². The van der Waals surface area contributed by atoms with Crippen molar-refractivity contribution in [3.8, 4) is 11.8 Å². The number of phenolic OH excluding ortho intramolecular Hbond substituents is 1. The quantitative estimate of drug-likeness (QED) is 0.387. The number of benzene rings is 1. The van der Waals surface area contributed by atoms with E-state index in [0.29, 0.717) is 13.0 Å². The molecule has 0 atom stereocenters. The maximum absolute atomic E-state index is 11.8.